The quantitative estimate of drug-likeness (QED) is 0.765. The number of nitrogens with one attached hydrogen (secondary N) is 1. The zero-order valence-electron chi connectivity index (χ0n) is 11.3. The molecule has 0 radical (unpaired) electrons. The van der Waals surface area contributed by atoms with Crippen LogP contribution in [0.15, 0.2) is 0 Å². The smallest absolute Gasteiger partial charge is 0.0669 e. The largest absolute Gasteiger partial charge is 0.392 e. The summed E-state index contributed by atoms with van der Waals surface area (Å²) in [6.45, 7) is 9.61. The predicted octanol–water partition coefficient (Wildman–Crippen LogP) is 1.47. The first-order chi connectivity index (χ1) is 7.37. The van der Waals surface area contributed by atoms with Gasteiger partial charge in [0.15, 0.2) is 0 Å². The molecule has 0 aromatic rings. The van der Waals surface area contributed by atoms with Crippen LogP contribution >= 0.6 is 0 Å². The number of aliphatic hydroxyl groups is 1. The molecule has 0 amide bonds. The van der Waals surface area contributed by atoms with E-state index in [0.29, 0.717) is 6.04 Å². The van der Waals surface area contributed by atoms with Crippen LogP contribution in [0, 0.1) is 5.41 Å². The Hall–Kier alpha value is -0.120. The van der Waals surface area contributed by atoms with E-state index >= 15 is 0 Å². The van der Waals surface area contributed by atoms with Gasteiger partial charge in [0.2, 0.25) is 0 Å². The van der Waals surface area contributed by atoms with Gasteiger partial charge in [-0.05, 0) is 44.8 Å². The summed E-state index contributed by atoms with van der Waals surface area (Å²) in [5.74, 6) is 0. The van der Waals surface area contributed by atoms with E-state index in [1.807, 2.05) is 0 Å². The van der Waals surface area contributed by atoms with E-state index < -0.39 is 0 Å². The lowest BCUT2D eigenvalue weighted by Gasteiger charge is -2.31. The highest BCUT2D eigenvalue weighted by atomic mass is 16.3. The van der Waals surface area contributed by atoms with Gasteiger partial charge in [0.1, 0.15) is 0 Å². The minimum Gasteiger partial charge on any atom is -0.392 e. The number of aliphatic hydroxyl groups excluding tert-OH is 1. The van der Waals surface area contributed by atoms with Crippen molar-refractivity contribution in [1.82, 2.24) is 10.2 Å². The van der Waals surface area contributed by atoms with Crippen molar-refractivity contribution in [3.05, 3.63) is 0 Å². The molecule has 1 aliphatic rings. The third-order valence-corrected chi connectivity index (χ3v) is 3.21. The Kier molecular flexibility index (Phi) is 5.22. The summed E-state index contributed by atoms with van der Waals surface area (Å²) in [5, 5.41) is 13.4. The molecule has 1 fully saturated rings. The molecule has 1 unspecified atom stereocenters. The first kappa shape index (κ1) is 13.9. The van der Waals surface area contributed by atoms with Gasteiger partial charge in [-0.1, -0.05) is 20.8 Å². The van der Waals surface area contributed by atoms with Crippen molar-refractivity contribution in [2.24, 2.45) is 5.41 Å². The van der Waals surface area contributed by atoms with Gasteiger partial charge in [0.05, 0.1) is 6.10 Å². The van der Waals surface area contributed by atoms with E-state index in [-0.39, 0.29) is 11.5 Å². The minimum atomic E-state index is -0.209. The van der Waals surface area contributed by atoms with Crippen molar-refractivity contribution in [1.29, 1.82) is 0 Å². The standard InChI is InChI=1S/C13H28N2O/c1-13(2,3)9-12(16)10-14-11-5-7-15(4)8-6-11/h11-12,14,16H,5-10H2,1-4H3. The van der Waals surface area contributed by atoms with E-state index in [2.05, 4.69) is 38.0 Å². The number of likely N-dealkylation sites (tertiary alicyclic amines) is 1. The third-order valence-electron chi connectivity index (χ3n) is 3.21. The number of rotatable bonds is 4. The average molecular weight is 228 g/mol. The van der Waals surface area contributed by atoms with E-state index in [1.165, 1.54) is 25.9 Å². The van der Waals surface area contributed by atoms with E-state index in [0.717, 1.165) is 13.0 Å². The molecule has 1 atom stereocenters. The van der Waals surface area contributed by atoms with Crippen LogP contribution in [0.2, 0.25) is 0 Å². The second kappa shape index (κ2) is 5.99. The summed E-state index contributed by atoms with van der Waals surface area (Å²) < 4.78 is 0. The monoisotopic (exact) mass is 228 g/mol. The Morgan fingerprint density at radius 3 is 2.38 bits per heavy atom. The number of nitrogens with zero attached hydrogens (tertiary/aromatic N) is 1. The summed E-state index contributed by atoms with van der Waals surface area (Å²) in [5.41, 5.74) is 0.216. The second-order valence-electron chi connectivity index (χ2n) is 6.40. The molecule has 2 N–H and O–H groups in total. The Bertz CT molecular complexity index is 193. The second-order valence-corrected chi connectivity index (χ2v) is 6.40. The van der Waals surface area contributed by atoms with Crippen LogP contribution in [0.5, 0.6) is 0 Å². The highest BCUT2D eigenvalue weighted by Crippen LogP contribution is 2.20. The molecule has 3 nitrogen and oxygen atoms in total. The fourth-order valence-corrected chi connectivity index (χ4v) is 2.29. The fraction of sp³-hybridized carbons (Fsp3) is 1.00. The molecule has 0 aromatic carbocycles. The van der Waals surface area contributed by atoms with Gasteiger partial charge in [-0.25, -0.2) is 0 Å². The molecule has 16 heavy (non-hydrogen) atoms. The Balaban J connectivity index is 2.14. The van der Waals surface area contributed by atoms with Crippen molar-refractivity contribution < 1.29 is 5.11 Å². The van der Waals surface area contributed by atoms with Crippen LogP contribution in [-0.4, -0.2) is 48.8 Å². The molecule has 0 saturated carbocycles. The van der Waals surface area contributed by atoms with Gasteiger partial charge in [-0.3, -0.25) is 0 Å². The van der Waals surface area contributed by atoms with Gasteiger partial charge >= 0.3 is 0 Å². The first-order valence-electron chi connectivity index (χ1n) is 6.47. The fourth-order valence-electron chi connectivity index (χ4n) is 2.29. The summed E-state index contributed by atoms with van der Waals surface area (Å²) in [6, 6.07) is 0.603. The van der Waals surface area contributed by atoms with Crippen molar-refractivity contribution in [2.75, 3.05) is 26.7 Å². The lowest BCUT2D eigenvalue weighted by Crippen LogP contribution is -2.43. The Morgan fingerprint density at radius 2 is 1.88 bits per heavy atom. The molecule has 1 aliphatic heterocycles. The molecule has 96 valence electrons. The van der Waals surface area contributed by atoms with Crippen LogP contribution in [-0.2, 0) is 0 Å². The van der Waals surface area contributed by atoms with E-state index in [4.69, 9.17) is 0 Å². The molecule has 0 aliphatic carbocycles. The van der Waals surface area contributed by atoms with Crippen LogP contribution < -0.4 is 5.32 Å². The van der Waals surface area contributed by atoms with Gasteiger partial charge in [-0.2, -0.15) is 0 Å². The molecular formula is C13H28N2O. The van der Waals surface area contributed by atoms with E-state index in [9.17, 15) is 5.11 Å². The molecule has 1 heterocycles. The third kappa shape index (κ3) is 5.83. The summed E-state index contributed by atoms with van der Waals surface area (Å²) in [4.78, 5) is 2.36. The van der Waals surface area contributed by atoms with Crippen molar-refractivity contribution in [3.8, 4) is 0 Å². The Labute approximate surface area is 100 Å². The van der Waals surface area contributed by atoms with Crippen LogP contribution in [0.25, 0.3) is 0 Å². The zero-order chi connectivity index (χ0) is 12.2. The highest BCUT2D eigenvalue weighted by Gasteiger charge is 2.19. The lowest BCUT2D eigenvalue weighted by atomic mass is 9.89. The number of hydrogen-bond donors (Lipinski definition) is 2. The van der Waals surface area contributed by atoms with Crippen LogP contribution in [0.1, 0.15) is 40.0 Å². The molecule has 1 rings (SSSR count). The summed E-state index contributed by atoms with van der Waals surface area (Å²) in [7, 11) is 2.17. The topological polar surface area (TPSA) is 35.5 Å². The van der Waals surface area contributed by atoms with Crippen LogP contribution in [0.3, 0.4) is 0 Å². The molecule has 1 saturated heterocycles. The summed E-state index contributed by atoms with van der Waals surface area (Å²) in [6.07, 6.45) is 3.07. The average Bonchev–Trinajstić information content (AvgIpc) is 2.14. The van der Waals surface area contributed by atoms with Gasteiger partial charge in [0, 0.05) is 12.6 Å². The van der Waals surface area contributed by atoms with E-state index in [1.54, 1.807) is 0 Å². The molecular weight excluding hydrogens is 200 g/mol. The Morgan fingerprint density at radius 1 is 1.31 bits per heavy atom. The van der Waals surface area contributed by atoms with Crippen molar-refractivity contribution >= 4 is 0 Å². The maximum absolute atomic E-state index is 9.89. The lowest BCUT2D eigenvalue weighted by molar-refractivity contribution is 0.111. The van der Waals surface area contributed by atoms with Gasteiger partial charge in [-0.15, -0.1) is 0 Å². The number of piperidine rings is 1. The SMILES string of the molecule is CN1CCC(NCC(O)CC(C)(C)C)CC1. The normalized spacial score (nSPS) is 22.3. The van der Waals surface area contributed by atoms with Crippen molar-refractivity contribution in [3.63, 3.8) is 0 Å². The highest BCUT2D eigenvalue weighted by molar-refractivity contribution is 4.78. The zero-order valence-corrected chi connectivity index (χ0v) is 11.3. The molecule has 0 spiro atoms. The van der Waals surface area contributed by atoms with Gasteiger partial charge < -0.3 is 15.3 Å². The molecule has 0 aromatic heterocycles. The van der Waals surface area contributed by atoms with Gasteiger partial charge in [0.25, 0.3) is 0 Å². The van der Waals surface area contributed by atoms with Crippen LogP contribution in [0.4, 0.5) is 0 Å². The molecule has 3 heteroatoms. The summed E-state index contributed by atoms with van der Waals surface area (Å²) >= 11 is 0. The maximum Gasteiger partial charge on any atom is 0.0669 e. The van der Waals surface area contributed by atoms with Crippen molar-refractivity contribution in [2.45, 2.75) is 52.2 Å². The maximum atomic E-state index is 9.89. The number of hydrogen-bond acceptors (Lipinski definition) is 3. The first-order valence-corrected chi connectivity index (χ1v) is 6.47. The molecule has 0 bridgehead atoms. The predicted molar refractivity (Wildman–Crippen MR) is 68.6 cm³/mol. The minimum absolute atomic E-state index is 0.209.